The Labute approximate surface area is 194 Å². The van der Waals surface area contributed by atoms with Crippen molar-refractivity contribution in [2.75, 3.05) is 36.9 Å². The minimum Gasteiger partial charge on any atom is -0.480 e. The molecule has 0 spiro atoms. The first-order valence-electron chi connectivity index (χ1n) is 11.2. The Hall–Kier alpha value is -2.22. The summed E-state index contributed by atoms with van der Waals surface area (Å²) in [7, 11) is 0. The zero-order chi connectivity index (χ0) is 22.9. The predicted octanol–water partition coefficient (Wildman–Crippen LogP) is 5.14. The van der Waals surface area contributed by atoms with Crippen molar-refractivity contribution in [2.45, 2.75) is 56.0 Å². The van der Waals surface area contributed by atoms with Crippen molar-refractivity contribution in [3.8, 4) is 0 Å². The highest BCUT2D eigenvalue weighted by atomic mass is 32.2. The quantitative estimate of drug-likeness (QED) is 0.521. The molecule has 2 heterocycles. The number of hydrogen-bond donors (Lipinski definition) is 3. The number of ether oxygens (including phenoxy) is 1. The zero-order valence-electron chi connectivity index (χ0n) is 19.3. The Morgan fingerprint density at radius 3 is 2.69 bits per heavy atom. The van der Waals surface area contributed by atoms with E-state index in [1.54, 1.807) is 13.8 Å². The summed E-state index contributed by atoms with van der Waals surface area (Å²) in [6.45, 7) is 11.5. The molecule has 1 fully saturated rings. The van der Waals surface area contributed by atoms with Gasteiger partial charge in [0.05, 0.1) is 19.3 Å². The summed E-state index contributed by atoms with van der Waals surface area (Å²) < 4.78 is 7.83. The fraction of sp³-hybridized carbons (Fsp3) is 0.480. The normalized spacial score (nSPS) is 20.8. The lowest BCUT2D eigenvalue weighted by molar-refractivity contribution is -0.141. The Kier molecular flexibility index (Phi) is 6.43. The van der Waals surface area contributed by atoms with Crippen LogP contribution in [0.15, 0.2) is 47.4 Å². The van der Waals surface area contributed by atoms with E-state index in [0.29, 0.717) is 0 Å². The molecule has 6 nitrogen and oxygen atoms in total. The molecule has 3 N–H and O–H groups in total. The SMILES string of the molecule is CC(C)(Nc1cccc(C2CC(C)(C)c3cc(SN4CCOCC4)ccc3N2)c1)C(=O)O. The lowest BCUT2D eigenvalue weighted by Crippen LogP contribution is -2.40. The molecule has 2 aliphatic rings. The first-order valence-corrected chi connectivity index (χ1v) is 11.9. The number of fused-ring (bicyclic) bond motifs is 1. The highest BCUT2D eigenvalue weighted by Crippen LogP contribution is 2.45. The smallest absolute Gasteiger partial charge is 0.328 e. The second-order valence-electron chi connectivity index (χ2n) is 9.81. The van der Waals surface area contributed by atoms with Crippen LogP contribution in [0.5, 0.6) is 0 Å². The summed E-state index contributed by atoms with van der Waals surface area (Å²) in [4.78, 5) is 12.8. The molecular formula is C25H33N3O3S. The van der Waals surface area contributed by atoms with Crippen LogP contribution < -0.4 is 10.6 Å². The van der Waals surface area contributed by atoms with Crippen molar-refractivity contribution in [2.24, 2.45) is 0 Å². The van der Waals surface area contributed by atoms with E-state index in [1.165, 1.54) is 16.1 Å². The molecule has 1 unspecified atom stereocenters. The summed E-state index contributed by atoms with van der Waals surface area (Å²) in [6, 6.07) is 15.0. The third-order valence-corrected chi connectivity index (χ3v) is 7.34. The molecule has 2 aromatic carbocycles. The maximum Gasteiger partial charge on any atom is 0.328 e. The van der Waals surface area contributed by atoms with E-state index in [1.807, 2.05) is 24.1 Å². The van der Waals surface area contributed by atoms with Crippen LogP contribution in [0, 0.1) is 0 Å². The van der Waals surface area contributed by atoms with Gasteiger partial charge in [-0.25, -0.2) is 9.10 Å². The van der Waals surface area contributed by atoms with Crippen molar-refractivity contribution in [3.63, 3.8) is 0 Å². The molecule has 1 saturated heterocycles. The number of benzene rings is 2. The number of aliphatic carboxylic acids is 1. The summed E-state index contributed by atoms with van der Waals surface area (Å²) in [5.41, 5.74) is 3.46. The first-order chi connectivity index (χ1) is 15.1. The van der Waals surface area contributed by atoms with E-state index in [0.717, 1.165) is 44.0 Å². The van der Waals surface area contributed by atoms with Crippen LogP contribution in [0.2, 0.25) is 0 Å². The minimum absolute atomic E-state index is 0.0105. The van der Waals surface area contributed by atoms with Crippen LogP contribution in [0.25, 0.3) is 0 Å². The molecule has 0 amide bonds. The molecule has 0 aromatic heterocycles. The Morgan fingerprint density at radius 2 is 1.97 bits per heavy atom. The number of rotatable bonds is 6. The molecule has 0 radical (unpaired) electrons. The standard InChI is InChI=1S/C25H33N3O3S/c1-24(2)16-22(17-6-5-7-18(14-17)27-25(3,4)23(29)30)26-21-9-8-19(15-20(21)24)32-28-10-12-31-13-11-28/h5-9,14-15,22,26-27H,10-13,16H2,1-4H3,(H,29,30). The fourth-order valence-corrected chi connectivity index (χ4v) is 5.29. The second kappa shape index (κ2) is 8.96. The molecule has 32 heavy (non-hydrogen) atoms. The topological polar surface area (TPSA) is 73.8 Å². The van der Waals surface area contributed by atoms with Gasteiger partial charge in [0.25, 0.3) is 0 Å². The lowest BCUT2D eigenvalue weighted by Gasteiger charge is -2.39. The van der Waals surface area contributed by atoms with Crippen LogP contribution in [0.3, 0.4) is 0 Å². The number of morpholine rings is 1. The van der Waals surface area contributed by atoms with Gasteiger partial charge in [0.15, 0.2) is 0 Å². The van der Waals surface area contributed by atoms with Gasteiger partial charge in [-0.2, -0.15) is 0 Å². The van der Waals surface area contributed by atoms with Gasteiger partial charge in [0.1, 0.15) is 5.54 Å². The van der Waals surface area contributed by atoms with Gasteiger partial charge in [0, 0.05) is 29.4 Å². The van der Waals surface area contributed by atoms with Gasteiger partial charge in [-0.05, 0) is 79.1 Å². The van der Waals surface area contributed by atoms with E-state index >= 15 is 0 Å². The van der Waals surface area contributed by atoms with Crippen molar-refractivity contribution in [1.29, 1.82) is 0 Å². The Bertz CT molecular complexity index is 986. The third kappa shape index (κ3) is 5.05. The highest BCUT2D eigenvalue weighted by Gasteiger charge is 2.34. The van der Waals surface area contributed by atoms with Gasteiger partial charge in [-0.15, -0.1) is 0 Å². The van der Waals surface area contributed by atoms with Crippen LogP contribution >= 0.6 is 11.9 Å². The van der Waals surface area contributed by atoms with Gasteiger partial charge in [-0.1, -0.05) is 26.0 Å². The second-order valence-corrected chi connectivity index (χ2v) is 11.0. The molecule has 0 bridgehead atoms. The maximum absolute atomic E-state index is 11.5. The summed E-state index contributed by atoms with van der Waals surface area (Å²) in [5.74, 6) is -0.875. The van der Waals surface area contributed by atoms with E-state index in [9.17, 15) is 9.90 Å². The molecule has 0 aliphatic carbocycles. The van der Waals surface area contributed by atoms with Gasteiger partial charge >= 0.3 is 5.97 Å². The molecular weight excluding hydrogens is 422 g/mol. The van der Waals surface area contributed by atoms with Crippen molar-refractivity contribution in [1.82, 2.24) is 4.31 Å². The average molecular weight is 456 g/mol. The van der Waals surface area contributed by atoms with Crippen LogP contribution in [0.1, 0.15) is 51.3 Å². The zero-order valence-corrected chi connectivity index (χ0v) is 20.1. The number of anilines is 2. The van der Waals surface area contributed by atoms with Crippen LogP contribution in [-0.4, -0.2) is 47.2 Å². The molecule has 1 atom stereocenters. The number of nitrogens with one attached hydrogen (secondary N) is 2. The van der Waals surface area contributed by atoms with Gasteiger partial charge < -0.3 is 20.5 Å². The summed E-state index contributed by atoms with van der Waals surface area (Å²) in [6.07, 6.45) is 0.956. The number of carboxylic acid groups (broad SMARTS) is 1. The monoisotopic (exact) mass is 455 g/mol. The van der Waals surface area contributed by atoms with Crippen molar-refractivity contribution >= 4 is 29.3 Å². The number of carbonyl (C=O) groups is 1. The molecule has 2 aliphatic heterocycles. The number of nitrogens with zero attached hydrogens (tertiary/aromatic N) is 1. The fourth-order valence-electron chi connectivity index (χ4n) is 4.36. The van der Waals surface area contributed by atoms with Crippen molar-refractivity contribution < 1.29 is 14.6 Å². The van der Waals surface area contributed by atoms with E-state index in [2.05, 4.69) is 59.1 Å². The molecule has 172 valence electrons. The number of carboxylic acids is 1. The van der Waals surface area contributed by atoms with Crippen LogP contribution in [0.4, 0.5) is 11.4 Å². The average Bonchev–Trinajstić information content (AvgIpc) is 2.74. The summed E-state index contributed by atoms with van der Waals surface area (Å²) >= 11 is 1.81. The predicted molar refractivity (Wildman–Crippen MR) is 130 cm³/mol. The number of hydrogen-bond acceptors (Lipinski definition) is 6. The van der Waals surface area contributed by atoms with E-state index in [-0.39, 0.29) is 11.5 Å². The third-order valence-electron chi connectivity index (χ3n) is 6.25. The van der Waals surface area contributed by atoms with E-state index < -0.39 is 11.5 Å². The van der Waals surface area contributed by atoms with E-state index in [4.69, 9.17) is 4.74 Å². The summed E-state index contributed by atoms with van der Waals surface area (Å²) in [5, 5.41) is 16.3. The molecule has 7 heteroatoms. The minimum atomic E-state index is -1.03. The highest BCUT2D eigenvalue weighted by molar-refractivity contribution is 7.97. The lowest BCUT2D eigenvalue weighted by atomic mass is 9.74. The molecule has 2 aromatic rings. The molecule has 4 rings (SSSR count). The van der Waals surface area contributed by atoms with Crippen LogP contribution in [-0.2, 0) is 14.9 Å². The Morgan fingerprint density at radius 1 is 1.22 bits per heavy atom. The van der Waals surface area contributed by atoms with Crippen molar-refractivity contribution in [3.05, 3.63) is 53.6 Å². The molecule has 0 saturated carbocycles. The first kappa shape index (κ1) is 23.0. The largest absolute Gasteiger partial charge is 0.480 e. The Balaban J connectivity index is 1.54. The maximum atomic E-state index is 11.5. The van der Waals surface area contributed by atoms with Gasteiger partial charge in [-0.3, -0.25) is 0 Å². The van der Waals surface area contributed by atoms with Gasteiger partial charge in [0.2, 0.25) is 0 Å².